The lowest BCUT2D eigenvalue weighted by atomic mass is 9.83. The molecular weight excluding hydrogens is 527 g/mol. The molecule has 6 aromatic rings. The van der Waals surface area contributed by atoms with Gasteiger partial charge in [-0.3, -0.25) is 4.98 Å². The third kappa shape index (κ3) is 4.21. The Morgan fingerprint density at radius 1 is 0.738 bits per heavy atom. The Bertz CT molecular complexity index is 2140. The Hall–Kier alpha value is -4.40. The highest BCUT2D eigenvalue weighted by atomic mass is 32.2. The fourth-order valence-electron chi connectivity index (χ4n) is 6.95. The number of aromatic nitrogens is 1. The topological polar surface area (TPSA) is 12.9 Å². The Morgan fingerprint density at radius 3 is 2.40 bits per heavy atom. The van der Waals surface area contributed by atoms with Crippen LogP contribution in [0.25, 0.3) is 54.4 Å². The van der Waals surface area contributed by atoms with Crippen molar-refractivity contribution in [3.8, 4) is 11.1 Å². The molecule has 0 amide bonds. The average molecular weight is 558 g/mol. The second-order valence-corrected chi connectivity index (χ2v) is 12.6. The molecule has 5 aromatic carbocycles. The fraction of sp³-hybridized carbons (Fsp3) is 0.125. The molecule has 8 rings (SSSR count). The molecule has 0 saturated carbocycles. The molecule has 2 aliphatic carbocycles. The molecule has 0 spiro atoms. The van der Waals surface area contributed by atoms with Crippen LogP contribution in [-0.4, -0.2) is 4.98 Å². The van der Waals surface area contributed by atoms with Crippen LogP contribution in [0.4, 0.5) is 0 Å². The van der Waals surface area contributed by atoms with Crippen molar-refractivity contribution >= 4 is 55.1 Å². The lowest BCUT2D eigenvalue weighted by Crippen LogP contribution is -2.32. The average Bonchev–Trinajstić information content (AvgIpc) is 3.04. The lowest BCUT2D eigenvalue weighted by Gasteiger charge is -2.28. The molecule has 0 fully saturated rings. The van der Waals surface area contributed by atoms with Gasteiger partial charge in [0.25, 0.3) is 0 Å². The lowest BCUT2D eigenvalue weighted by molar-refractivity contribution is 0.644. The van der Waals surface area contributed by atoms with E-state index >= 15 is 0 Å². The maximum atomic E-state index is 4.67. The van der Waals surface area contributed by atoms with Gasteiger partial charge in [0.05, 0.1) is 0 Å². The number of fused-ring (bicyclic) bond motifs is 4. The van der Waals surface area contributed by atoms with Crippen LogP contribution >= 0.6 is 11.8 Å². The van der Waals surface area contributed by atoms with Crippen LogP contribution in [0, 0.1) is 11.8 Å². The van der Waals surface area contributed by atoms with Gasteiger partial charge in [0.15, 0.2) is 0 Å². The zero-order valence-corrected chi connectivity index (χ0v) is 24.4. The van der Waals surface area contributed by atoms with Crippen molar-refractivity contribution in [1.82, 2.24) is 4.98 Å². The number of hydrogen-bond acceptors (Lipinski definition) is 2. The Balaban J connectivity index is 1.42. The number of allylic oxidation sites excluding steroid dienone is 4. The summed E-state index contributed by atoms with van der Waals surface area (Å²) in [7, 11) is 0. The molecule has 0 saturated heterocycles. The predicted molar refractivity (Wildman–Crippen MR) is 181 cm³/mol. The number of pyridine rings is 1. The van der Waals surface area contributed by atoms with Crippen molar-refractivity contribution in [2.45, 2.75) is 24.7 Å². The van der Waals surface area contributed by atoms with Gasteiger partial charge >= 0.3 is 0 Å². The molecule has 0 N–H and O–H groups in total. The van der Waals surface area contributed by atoms with Gasteiger partial charge in [-0.1, -0.05) is 140 Å². The van der Waals surface area contributed by atoms with Crippen molar-refractivity contribution in [2.75, 3.05) is 0 Å². The summed E-state index contributed by atoms with van der Waals surface area (Å²) in [6.07, 6.45) is 15.6. The maximum absolute atomic E-state index is 4.67. The molecule has 1 heterocycles. The van der Waals surface area contributed by atoms with E-state index in [1.165, 1.54) is 63.7 Å². The Labute approximate surface area is 250 Å². The summed E-state index contributed by atoms with van der Waals surface area (Å²) in [6.45, 7) is 2.33. The fourth-order valence-corrected chi connectivity index (χ4v) is 8.44. The highest BCUT2D eigenvalue weighted by Gasteiger charge is 2.26. The first-order chi connectivity index (χ1) is 20.8. The van der Waals surface area contributed by atoms with Crippen LogP contribution in [0.2, 0.25) is 0 Å². The maximum Gasteiger partial charge on any atom is 0.0353 e. The summed E-state index contributed by atoms with van der Waals surface area (Å²) in [5, 5.41) is 10.3. The molecule has 2 aliphatic rings. The first-order valence-electron chi connectivity index (χ1n) is 14.9. The molecule has 2 unspecified atom stereocenters. The molecule has 42 heavy (non-hydrogen) atoms. The minimum atomic E-state index is 0.380. The van der Waals surface area contributed by atoms with E-state index in [9.17, 15) is 0 Å². The first kappa shape index (κ1) is 25.3. The van der Waals surface area contributed by atoms with E-state index in [0.29, 0.717) is 11.8 Å². The zero-order valence-electron chi connectivity index (χ0n) is 23.6. The number of nitrogens with zero attached hydrogens (tertiary/aromatic N) is 1. The van der Waals surface area contributed by atoms with Gasteiger partial charge < -0.3 is 0 Å². The highest BCUT2D eigenvalue weighted by molar-refractivity contribution is 8.08. The van der Waals surface area contributed by atoms with E-state index in [1.807, 2.05) is 18.0 Å². The molecule has 2 atom stereocenters. The zero-order chi connectivity index (χ0) is 28.0. The third-order valence-corrected chi connectivity index (χ3v) is 10.3. The van der Waals surface area contributed by atoms with Crippen molar-refractivity contribution < 1.29 is 0 Å². The van der Waals surface area contributed by atoms with Gasteiger partial charge in [-0.2, -0.15) is 0 Å². The molecule has 1 nitrogen and oxygen atoms in total. The molecule has 0 aliphatic heterocycles. The number of benzene rings is 5. The van der Waals surface area contributed by atoms with Gasteiger partial charge in [-0.15, -0.1) is 0 Å². The largest absolute Gasteiger partial charge is 0.264 e. The number of thioether (sulfide) groups is 1. The van der Waals surface area contributed by atoms with Gasteiger partial charge in [0, 0.05) is 33.5 Å². The SMILES string of the molecule is CC1C=CC=C(C2CC=c3ccccc3=C2Sc2c3ccccc3c(-c3cccc4ccccc34)c3cnccc23)C1. The Morgan fingerprint density at radius 2 is 1.50 bits per heavy atom. The van der Waals surface area contributed by atoms with E-state index in [1.54, 1.807) is 5.57 Å². The summed E-state index contributed by atoms with van der Waals surface area (Å²) >= 11 is 1.98. The standard InChI is InChI=1S/C40H31NS/c1-26-10-8-14-29(24-26)32-21-20-28-12-3-5-16-31(28)39(32)42-40-35-18-7-6-17-34(35)38(37-25-41-23-22-36(37)40)33-19-9-13-27-11-2-4-15-30(27)33/h2-20,22-23,25-26,32H,21,24H2,1H3. The minimum absolute atomic E-state index is 0.380. The molecule has 0 bridgehead atoms. The summed E-state index contributed by atoms with van der Waals surface area (Å²) in [5.74, 6) is 0.951. The highest BCUT2D eigenvalue weighted by Crippen LogP contribution is 2.49. The van der Waals surface area contributed by atoms with Crippen LogP contribution in [0.3, 0.4) is 0 Å². The van der Waals surface area contributed by atoms with Crippen LogP contribution in [-0.2, 0) is 0 Å². The van der Waals surface area contributed by atoms with Crippen molar-refractivity contribution in [3.05, 3.63) is 144 Å². The molecule has 202 valence electrons. The quantitative estimate of drug-likeness (QED) is 0.200. The summed E-state index contributed by atoms with van der Waals surface area (Å²) in [5.41, 5.74) is 4.07. The van der Waals surface area contributed by atoms with E-state index in [-0.39, 0.29) is 0 Å². The van der Waals surface area contributed by atoms with Gasteiger partial charge in [-0.05, 0) is 73.3 Å². The summed E-state index contributed by atoms with van der Waals surface area (Å²) < 4.78 is 0. The van der Waals surface area contributed by atoms with Crippen LogP contribution in [0.15, 0.2) is 138 Å². The van der Waals surface area contributed by atoms with Crippen LogP contribution in [0.5, 0.6) is 0 Å². The van der Waals surface area contributed by atoms with E-state index < -0.39 is 0 Å². The third-order valence-electron chi connectivity index (χ3n) is 8.92. The number of rotatable bonds is 4. The van der Waals surface area contributed by atoms with Crippen molar-refractivity contribution in [3.63, 3.8) is 0 Å². The van der Waals surface area contributed by atoms with Crippen LogP contribution < -0.4 is 10.4 Å². The predicted octanol–water partition coefficient (Wildman–Crippen LogP) is 9.43. The van der Waals surface area contributed by atoms with Crippen molar-refractivity contribution in [1.29, 1.82) is 0 Å². The van der Waals surface area contributed by atoms with E-state index in [4.69, 9.17) is 0 Å². The van der Waals surface area contributed by atoms with Gasteiger partial charge in [0.2, 0.25) is 0 Å². The molecular formula is C40H31NS. The second kappa shape index (κ2) is 10.5. The van der Waals surface area contributed by atoms with Crippen LogP contribution in [0.1, 0.15) is 19.8 Å². The van der Waals surface area contributed by atoms with Gasteiger partial charge in [0.1, 0.15) is 0 Å². The first-order valence-corrected chi connectivity index (χ1v) is 15.7. The normalized spacial score (nSPS) is 18.2. The monoisotopic (exact) mass is 557 g/mol. The van der Waals surface area contributed by atoms with E-state index in [0.717, 1.165) is 12.8 Å². The smallest absolute Gasteiger partial charge is 0.0353 e. The second-order valence-electron chi connectivity index (χ2n) is 11.6. The Kier molecular flexibility index (Phi) is 6.30. The molecule has 2 heteroatoms. The minimum Gasteiger partial charge on any atom is -0.264 e. The summed E-state index contributed by atoms with van der Waals surface area (Å²) in [6, 6.07) is 35.5. The van der Waals surface area contributed by atoms with Crippen molar-refractivity contribution in [2.24, 2.45) is 11.8 Å². The molecule has 1 aromatic heterocycles. The molecule has 0 radical (unpaired) electrons. The summed E-state index contributed by atoms with van der Waals surface area (Å²) in [4.78, 5) is 7.45. The number of hydrogen-bond donors (Lipinski definition) is 0. The van der Waals surface area contributed by atoms with E-state index in [2.05, 4.69) is 139 Å². The van der Waals surface area contributed by atoms with Gasteiger partial charge in [-0.25, -0.2) is 0 Å².